The quantitative estimate of drug-likeness (QED) is 0.144. The summed E-state index contributed by atoms with van der Waals surface area (Å²) in [6.07, 6.45) is -2.37. The van der Waals surface area contributed by atoms with Gasteiger partial charge in [-0.2, -0.15) is 13.2 Å². The van der Waals surface area contributed by atoms with Gasteiger partial charge in [0.1, 0.15) is 5.82 Å². The van der Waals surface area contributed by atoms with E-state index in [-0.39, 0.29) is 21.5 Å². The summed E-state index contributed by atoms with van der Waals surface area (Å²) < 4.78 is 77.8. The van der Waals surface area contributed by atoms with Gasteiger partial charge in [0.05, 0.1) is 21.7 Å². The number of halogens is 5. The zero-order valence-corrected chi connectivity index (χ0v) is 19.7. The van der Waals surface area contributed by atoms with Gasteiger partial charge >= 0.3 is 6.18 Å². The van der Waals surface area contributed by atoms with Gasteiger partial charge in [-0.15, -0.1) is 0 Å². The zero-order chi connectivity index (χ0) is 25.3. The molecule has 1 aromatic heterocycles. The first-order valence-corrected chi connectivity index (χ1v) is 11.7. The van der Waals surface area contributed by atoms with Crippen LogP contribution in [0.3, 0.4) is 0 Å². The molecule has 6 nitrogen and oxygen atoms in total. The average molecular weight is 557 g/mol. The molecule has 0 saturated heterocycles. The number of nitrogen functional groups attached to an aromatic ring is 1. The Balaban J connectivity index is 1.98. The maximum Gasteiger partial charge on any atom is 0.416 e. The lowest BCUT2D eigenvalue weighted by Gasteiger charge is -2.34. The van der Waals surface area contributed by atoms with E-state index in [2.05, 4.69) is 37.5 Å². The number of nitrogens with zero attached hydrogens (tertiary/aromatic N) is 1. The molecule has 178 valence electrons. The molecule has 0 spiro atoms. The Hall–Kier alpha value is -3.11. The topological polar surface area (TPSA) is 115 Å². The predicted molar refractivity (Wildman–Crippen MR) is 128 cm³/mol. The predicted octanol–water partition coefficient (Wildman–Crippen LogP) is 6.43. The fourth-order valence-corrected chi connectivity index (χ4v) is 4.63. The fourth-order valence-electron chi connectivity index (χ4n) is 2.82. The summed E-state index contributed by atoms with van der Waals surface area (Å²) in [5.74, 6) is 4.57. The molecule has 0 fully saturated rings. The van der Waals surface area contributed by atoms with Crippen LogP contribution >= 0.6 is 26.7 Å². The third-order valence-electron chi connectivity index (χ3n) is 4.57. The molecule has 6 N–H and O–H groups in total. The number of nitrogens with one attached hydrogen (secondary N) is 2. The second kappa shape index (κ2) is 9.63. The highest BCUT2D eigenvalue weighted by atomic mass is 79.9. The number of alkyl halides is 3. The smallest absolute Gasteiger partial charge is 0.383 e. The number of aromatic nitrogens is 1. The molecule has 12 heteroatoms. The van der Waals surface area contributed by atoms with Crippen LogP contribution in [0.1, 0.15) is 27.8 Å². The standard InChI is InChI=1S/C22H17BrF4N4O2S/c1-12-2-5-19(20(24)18(12)4-3-13-6-14(10-28)21(29)30-11-13)31-34(32,33)17-8-15(22(25,26)27)7-16(23)9-17/h2,5-11,28,31-33H,1H3,(H2,29,30). The molecular weight excluding hydrogens is 540 g/mol. The third-order valence-corrected chi connectivity index (χ3v) is 6.42. The molecule has 0 bridgehead atoms. The lowest BCUT2D eigenvalue weighted by molar-refractivity contribution is -0.137. The molecule has 0 saturated carbocycles. The molecule has 3 rings (SSSR count). The van der Waals surface area contributed by atoms with Crippen molar-refractivity contribution in [1.29, 1.82) is 5.41 Å². The van der Waals surface area contributed by atoms with Gasteiger partial charge in [-0.05, 0) is 42.8 Å². The van der Waals surface area contributed by atoms with Gasteiger partial charge in [0, 0.05) is 28.0 Å². The van der Waals surface area contributed by atoms with E-state index < -0.39 is 33.2 Å². The van der Waals surface area contributed by atoms with Crippen LogP contribution in [0.15, 0.2) is 52.0 Å². The van der Waals surface area contributed by atoms with E-state index >= 15 is 4.39 Å². The number of hydrogen-bond donors (Lipinski definition) is 5. The minimum atomic E-state index is -4.72. The highest BCUT2D eigenvalue weighted by Gasteiger charge is 2.33. The van der Waals surface area contributed by atoms with Crippen LogP contribution in [0.5, 0.6) is 0 Å². The summed E-state index contributed by atoms with van der Waals surface area (Å²) in [7, 11) is -4.07. The van der Waals surface area contributed by atoms with Crippen molar-refractivity contribution in [1.82, 2.24) is 4.98 Å². The van der Waals surface area contributed by atoms with Gasteiger partial charge in [0.15, 0.2) is 5.82 Å². The Morgan fingerprint density at radius 2 is 1.88 bits per heavy atom. The van der Waals surface area contributed by atoms with Gasteiger partial charge in [0.2, 0.25) is 0 Å². The van der Waals surface area contributed by atoms with Crippen LogP contribution in [-0.2, 0) is 6.18 Å². The van der Waals surface area contributed by atoms with Crippen molar-refractivity contribution < 1.29 is 26.7 Å². The molecule has 2 aromatic carbocycles. The van der Waals surface area contributed by atoms with Gasteiger partial charge < -0.3 is 11.1 Å². The van der Waals surface area contributed by atoms with E-state index in [1.807, 2.05) is 0 Å². The number of anilines is 2. The maximum atomic E-state index is 15.2. The molecule has 0 unspecified atom stereocenters. The summed E-state index contributed by atoms with van der Waals surface area (Å²) in [5, 5.41) is 7.32. The number of hydrogen-bond acceptors (Lipinski definition) is 6. The normalized spacial score (nSPS) is 12.0. The van der Waals surface area contributed by atoms with Crippen LogP contribution < -0.4 is 10.5 Å². The first-order valence-electron chi connectivity index (χ1n) is 9.32. The van der Waals surface area contributed by atoms with Crippen LogP contribution in [0.25, 0.3) is 0 Å². The Morgan fingerprint density at radius 1 is 1.18 bits per heavy atom. The highest BCUT2D eigenvalue weighted by Crippen LogP contribution is 2.50. The SMILES string of the molecule is Cc1ccc(NS(O)(O)c2cc(Br)cc(C(F)(F)F)c2)c(F)c1C#Cc1cnc(N)c(C=N)c1. The molecule has 0 atom stereocenters. The van der Waals surface area contributed by atoms with Crippen molar-refractivity contribution in [2.75, 3.05) is 10.5 Å². The zero-order valence-electron chi connectivity index (χ0n) is 17.3. The molecular formula is C22H17BrF4N4O2S. The number of aryl methyl sites for hydroxylation is 1. The van der Waals surface area contributed by atoms with Crippen molar-refractivity contribution in [2.45, 2.75) is 18.0 Å². The van der Waals surface area contributed by atoms with E-state index in [0.29, 0.717) is 22.8 Å². The van der Waals surface area contributed by atoms with Gasteiger partial charge in [-0.25, -0.2) is 9.37 Å². The van der Waals surface area contributed by atoms with Crippen molar-refractivity contribution in [2.24, 2.45) is 0 Å². The number of nitrogens with two attached hydrogens (primary N) is 1. The number of benzene rings is 2. The monoisotopic (exact) mass is 556 g/mol. The molecule has 0 aliphatic carbocycles. The Morgan fingerprint density at radius 3 is 2.53 bits per heavy atom. The summed E-state index contributed by atoms with van der Waals surface area (Å²) in [6.45, 7) is 1.59. The molecule has 3 aromatic rings. The minimum absolute atomic E-state index is 0.0311. The molecule has 1 heterocycles. The number of pyridine rings is 1. The second-order valence-corrected chi connectivity index (χ2v) is 9.73. The molecule has 0 aliphatic heterocycles. The summed E-state index contributed by atoms with van der Waals surface area (Å²) in [5.41, 5.74) is 5.23. The lowest BCUT2D eigenvalue weighted by atomic mass is 10.1. The van der Waals surface area contributed by atoms with Crippen molar-refractivity contribution in [3.8, 4) is 11.8 Å². The molecule has 0 amide bonds. The van der Waals surface area contributed by atoms with Gasteiger partial charge in [-0.3, -0.25) is 13.8 Å². The van der Waals surface area contributed by atoms with Crippen molar-refractivity contribution >= 4 is 44.4 Å². The van der Waals surface area contributed by atoms with E-state index in [9.17, 15) is 22.3 Å². The maximum absolute atomic E-state index is 15.2. The second-order valence-electron chi connectivity index (χ2n) is 7.04. The van der Waals surface area contributed by atoms with Gasteiger partial charge in [-0.1, -0.05) is 44.6 Å². The summed E-state index contributed by atoms with van der Waals surface area (Å²) in [6, 6.07) is 6.66. The minimum Gasteiger partial charge on any atom is -0.383 e. The van der Waals surface area contributed by atoms with Gasteiger partial charge in [0.25, 0.3) is 0 Å². The summed E-state index contributed by atoms with van der Waals surface area (Å²) in [4.78, 5) is 3.43. The van der Waals surface area contributed by atoms with Crippen LogP contribution in [0.4, 0.5) is 29.1 Å². The van der Waals surface area contributed by atoms with Crippen LogP contribution in [0, 0.1) is 30.0 Å². The largest absolute Gasteiger partial charge is 0.416 e. The van der Waals surface area contributed by atoms with E-state index in [0.717, 1.165) is 18.3 Å². The Bertz CT molecular complexity index is 1340. The molecule has 0 radical (unpaired) electrons. The molecule has 34 heavy (non-hydrogen) atoms. The number of rotatable bonds is 4. The lowest BCUT2D eigenvalue weighted by Crippen LogP contribution is -2.13. The highest BCUT2D eigenvalue weighted by molar-refractivity contribution is 9.10. The Kier molecular flexibility index (Phi) is 7.23. The first kappa shape index (κ1) is 25.5. The van der Waals surface area contributed by atoms with Crippen LogP contribution in [-0.4, -0.2) is 20.3 Å². The Labute approximate surface area is 202 Å². The molecule has 0 aliphatic rings. The first-order chi connectivity index (χ1) is 15.8. The van der Waals surface area contributed by atoms with Crippen LogP contribution in [0.2, 0.25) is 0 Å². The third kappa shape index (κ3) is 5.68. The summed E-state index contributed by atoms with van der Waals surface area (Å²) >= 11 is 2.92. The fraction of sp³-hybridized carbons (Fsp3) is 0.0909. The average Bonchev–Trinajstić information content (AvgIpc) is 2.75. The van der Waals surface area contributed by atoms with E-state index in [1.54, 1.807) is 6.92 Å². The van der Waals surface area contributed by atoms with E-state index in [4.69, 9.17) is 11.1 Å². The van der Waals surface area contributed by atoms with Crippen molar-refractivity contribution in [3.05, 3.63) is 80.7 Å². The van der Waals surface area contributed by atoms with E-state index in [1.165, 1.54) is 24.4 Å². The van der Waals surface area contributed by atoms with Crippen molar-refractivity contribution in [3.63, 3.8) is 0 Å².